The third-order valence-corrected chi connectivity index (χ3v) is 7.45. The number of hydrogen-bond donors (Lipinski definition) is 1. The van der Waals surface area contributed by atoms with E-state index in [0.29, 0.717) is 38.6 Å². The minimum absolute atomic E-state index is 0.0266. The molecule has 0 unspecified atom stereocenters. The molecule has 0 saturated carbocycles. The first kappa shape index (κ1) is 29.1. The number of aliphatic hydroxyl groups is 1. The smallest absolute Gasteiger partial charge is 0.336 e. The number of aliphatic hydroxyl groups excluding tert-OH is 1. The number of hydrogen-bond acceptors (Lipinski definition) is 11. The van der Waals surface area contributed by atoms with E-state index in [1.165, 1.54) is 31.8 Å². The highest BCUT2D eigenvalue weighted by Gasteiger charge is 2.34. The predicted octanol–water partition coefficient (Wildman–Crippen LogP) is 5.96. The van der Waals surface area contributed by atoms with Crippen molar-refractivity contribution in [2.75, 3.05) is 20.3 Å². The summed E-state index contributed by atoms with van der Waals surface area (Å²) in [6.07, 6.45) is 1.13. The highest BCUT2D eigenvalue weighted by atomic mass is 16.6. The Hall–Kier alpha value is -5.00. The molecule has 4 aromatic heterocycles. The second kappa shape index (κ2) is 11.3. The Labute approximate surface area is 249 Å². The molecule has 6 rings (SSSR count). The Kier molecular flexibility index (Phi) is 7.44. The minimum Gasteiger partial charge on any atom is -0.495 e. The van der Waals surface area contributed by atoms with E-state index in [0.717, 1.165) is 5.39 Å². The molecular formula is C33H30O11. The van der Waals surface area contributed by atoms with Crippen molar-refractivity contribution in [1.29, 1.82) is 0 Å². The van der Waals surface area contributed by atoms with E-state index < -0.39 is 29.1 Å². The number of fused-ring (bicyclic) bond motifs is 4. The van der Waals surface area contributed by atoms with Crippen LogP contribution in [0.15, 0.2) is 94.4 Å². The van der Waals surface area contributed by atoms with Gasteiger partial charge in [0.2, 0.25) is 11.5 Å². The molecule has 0 aliphatic rings. The Bertz CT molecular complexity index is 2130. The number of rotatable bonds is 11. The van der Waals surface area contributed by atoms with Gasteiger partial charge in [-0.25, -0.2) is 9.59 Å². The summed E-state index contributed by atoms with van der Waals surface area (Å²) in [5, 5.41) is 13.8. The van der Waals surface area contributed by atoms with Crippen LogP contribution in [0.5, 0.6) is 17.2 Å². The molecular weight excluding hydrogens is 572 g/mol. The zero-order chi connectivity index (χ0) is 31.2. The van der Waals surface area contributed by atoms with Gasteiger partial charge in [-0.1, -0.05) is 6.58 Å². The first-order chi connectivity index (χ1) is 21.1. The lowest BCUT2D eigenvalue weighted by molar-refractivity contribution is -0.140. The van der Waals surface area contributed by atoms with E-state index in [2.05, 4.69) is 6.58 Å². The summed E-state index contributed by atoms with van der Waals surface area (Å²) in [5.74, 6) is 0.866. The molecule has 0 spiro atoms. The molecule has 44 heavy (non-hydrogen) atoms. The number of methoxy groups -OCH3 is 1. The molecule has 0 radical (unpaired) electrons. The van der Waals surface area contributed by atoms with Crippen LogP contribution in [0, 0.1) is 0 Å². The van der Waals surface area contributed by atoms with Crippen molar-refractivity contribution in [2.24, 2.45) is 0 Å². The molecule has 0 amide bonds. The van der Waals surface area contributed by atoms with Gasteiger partial charge in [-0.15, -0.1) is 0 Å². The molecule has 6 aromatic rings. The molecule has 1 N–H and O–H groups in total. The number of furan rings is 2. The van der Waals surface area contributed by atoms with E-state index in [1.807, 2.05) is 6.07 Å². The van der Waals surface area contributed by atoms with Gasteiger partial charge in [0.25, 0.3) is 0 Å². The zero-order valence-electron chi connectivity index (χ0n) is 24.5. The fourth-order valence-corrected chi connectivity index (χ4v) is 5.01. The molecule has 228 valence electrons. The maximum atomic E-state index is 12.1. The van der Waals surface area contributed by atoms with Gasteiger partial charge < -0.3 is 41.7 Å². The molecule has 11 heteroatoms. The van der Waals surface area contributed by atoms with Crippen LogP contribution < -0.4 is 25.5 Å². The summed E-state index contributed by atoms with van der Waals surface area (Å²) in [7, 11) is 1.51. The Morgan fingerprint density at radius 1 is 0.818 bits per heavy atom. The average molecular weight is 603 g/mol. The minimum atomic E-state index is -1.18. The molecule has 0 bridgehead atoms. The van der Waals surface area contributed by atoms with Crippen LogP contribution in [-0.2, 0) is 4.74 Å². The fraction of sp³-hybridized carbons (Fsp3) is 0.273. The maximum absolute atomic E-state index is 12.1. The maximum Gasteiger partial charge on any atom is 0.336 e. The van der Waals surface area contributed by atoms with Crippen LogP contribution in [0.1, 0.15) is 20.8 Å². The molecule has 0 saturated heterocycles. The van der Waals surface area contributed by atoms with E-state index in [9.17, 15) is 14.7 Å². The standard InChI is InChI=1S/C33H30O11/c1-17(2)22(15-40-31-26-19(10-12-38-26)14-18-6-8-24(35)42-27(18)31)44-33(3,4)23(34)16-41-32-29-21(11-13-39-29)28(37-5)20-7-9-25(36)43-30(20)32/h6-14,22-23,34H,1,15-16H2,2-5H3/t22-,23+/m1/s1. The highest BCUT2D eigenvalue weighted by Crippen LogP contribution is 2.43. The summed E-state index contributed by atoms with van der Waals surface area (Å²) in [5.41, 5.74) is -0.566. The Morgan fingerprint density at radius 3 is 2.18 bits per heavy atom. The van der Waals surface area contributed by atoms with Crippen LogP contribution in [0.3, 0.4) is 0 Å². The fourth-order valence-electron chi connectivity index (χ4n) is 5.01. The van der Waals surface area contributed by atoms with E-state index in [1.54, 1.807) is 45.0 Å². The highest BCUT2D eigenvalue weighted by molar-refractivity contribution is 6.06. The SMILES string of the molecule is C=C(C)[C@@H](COc1c2occc2cc2ccc(=O)oc12)OC(C)(C)[C@@H](O)COc1c2occc2c(OC)c2ccc(=O)oc12. The molecule has 11 nitrogen and oxygen atoms in total. The van der Waals surface area contributed by atoms with Crippen molar-refractivity contribution < 1.29 is 41.7 Å². The molecule has 0 aliphatic carbocycles. The van der Waals surface area contributed by atoms with E-state index in [-0.39, 0.29) is 35.9 Å². The normalized spacial score (nSPS) is 13.5. The second-order valence-electron chi connectivity index (χ2n) is 10.9. The monoisotopic (exact) mass is 602 g/mol. The van der Waals surface area contributed by atoms with Crippen LogP contribution >= 0.6 is 0 Å². The summed E-state index contributed by atoms with van der Waals surface area (Å²) >= 11 is 0. The van der Waals surface area contributed by atoms with Crippen molar-refractivity contribution in [3.05, 3.63) is 88.0 Å². The first-order valence-corrected chi connectivity index (χ1v) is 13.8. The Balaban J connectivity index is 1.23. The van der Waals surface area contributed by atoms with Gasteiger partial charge in [-0.2, -0.15) is 0 Å². The van der Waals surface area contributed by atoms with Crippen LogP contribution in [0.2, 0.25) is 0 Å². The molecule has 0 aliphatic heterocycles. The van der Waals surface area contributed by atoms with Crippen LogP contribution in [0.25, 0.3) is 43.9 Å². The summed E-state index contributed by atoms with van der Waals surface area (Å²) < 4.78 is 46.3. The Morgan fingerprint density at radius 2 is 1.43 bits per heavy atom. The van der Waals surface area contributed by atoms with Gasteiger partial charge in [0, 0.05) is 22.9 Å². The third kappa shape index (κ3) is 5.20. The van der Waals surface area contributed by atoms with Crippen molar-refractivity contribution in [1.82, 2.24) is 0 Å². The lowest BCUT2D eigenvalue weighted by atomic mass is 10.0. The molecule has 0 fully saturated rings. The lowest BCUT2D eigenvalue weighted by Crippen LogP contribution is -2.46. The summed E-state index contributed by atoms with van der Waals surface area (Å²) in [6.45, 7) is 8.95. The van der Waals surface area contributed by atoms with Gasteiger partial charge in [-0.3, -0.25) is 0 Å². The lowest BCUT2D eigenvalue weighted by Gasteiger charge is -2.35. The third-order valence-electron chi connectivity index (χ3n) is 7.45. The predicted molar refractivity (Wildman–Crippen MR) is 162 cm³/mol. The van der Waals surface area contributed by atoms with Crippen LogP contribution in [0.4, 0.5) is 0 Å². The zero-order valence-corrected chi connectivity index (χ0v) is 24.5. The van der Waals surface area contributed by atoms with Gasteiger partial charge in [0.15, 0.2) is 22.3 Å². The van der Waals surface area contributed by atoms with Crippen molar-refractivity contribution in [3.63, 3.8) is 0 Å². The van der Waals surface area contributed by atoms with Crippen molar-refractivity contribution >= 4 is 43.9 Å². The molecule has 4 heterocycles. The number of benzene rings is 2. The van der Waals surface area contributed by atoms with E-state index >= 15 is 0 Å². The summed E-state index contributed by atoms with van der Waals surface area (Å²) in [4.78, 5) is 24.1. The quantitative estimate of drug-likeness (QED) is 0.139. The largest absolute Gasteiger partial charge is 0.495 e. The van der Waals surface area contributed by atoms with E-state index in [4.69, 9.17) is 36.6 Å². The average Bonchev–Trinajstić information content (AvgIpc) is 3.66. The van der Waals surface area contributed by atoms with Gasteiger partial charge in [-0.05, 0) is 56.7 Å². The topological polar surface area (TPSA) is 144 Å². The summed E-state index contributed by atoms with van der Waals surface area (Å²) in [6, 6.07) is 11.2. The van der Waals surface area contributed by atoms with Gasteiger partial charge >= 0.3 is 11.3 Å². The number of ether oxygens (including phenoxy) is 4. The molecule has 2 aromatic carbocycles. The van der Waals surface area contributed by atoms with Crippen molar-refractivity contribution in [2.45, 2.75) is 38.6 Å². The van der Waals surface area contributed by atoms with Gasteiger partial charge in [0.1, 0.15) is 31.2 Å². The van der Waals surface area contributed by atoms with Crippen molar-refractivity contribution in [3.8, 4) is 17.2 Å². The van der Waals surface area contributed by atoms with Crippen LogP contribution in [-0.4, -0.2) is 43.2 Å². The molecule has 2 atom stereocenters. The second-order valence-corrected chi connectivity index (χ2v) is 10.9. The van der Waals surface area contributed by atoms with Gasteiger partial charge in [0.05, 0.1) is 36.0 Å². The first-order valence-electron chi connectivity index (χ1n) is 13.8.